The van der Waals surface area contributed by atoms with Gasteiger partial charge in [-0.25, -0.2) is 4.98 Å². The number of nitrogens with one attached hydrogen (secondary N) is 1. The monoisotopic (exact) mass is 310 g/mol. The van der Waals surface area contributed by atoms with Crippen molar-refractivity contribution in [2.24, 2.45) is 5.92 Å². The predicted octanol–water partition coefficient (Wildman–Crippen LogP) is 3.41. The number of amides is 1. The van der Waals surface area contributed by atoms with Crippen LogP contribution in [0.4, 0.5) is 5.13 Å². The van der Waals surface area contributed by atoms with Gasteiger partial charge >= 0.3 is 0 Å². The summed E-state index contributed by atoms with van der Waals surface area (Å²) < 4.78 is 0.965. The van der Waals surface area contributed by atoms with Crippen molar-refractivity contribution in [2.75, 3.05) is 5.32 Å². The zero-order chi connectivity index (χ0) is 15.1. The van der Waals surface area contributed by atoms with Crippen LogP contribution in [-0.4, -0.2) is 20.9 Å². The lowest BCUT2D eigenvalue weighted by molar-refractivity contribution is -0.117. The van der Waals surface area contributed by atoms with Gasteiger partial charge in [0.25, 0.3) is 0 Å². The van der Waals surface area contributed by atoms with Crippen LogP contribution in [-0.2, 0) is 4.79 Å². The Morgan fingerprint density at radius 3 is 3.00 bits per heavy atom. The van der Waals surface area contributed by atoms with Crippen molar-refractivity contribution in [3.05, 3.63) is 36.3 Å². The summed E-state index contributed by atoms with van der Waals surface area (Å²) >= 11 is 1.46. The molecular weight excluding hydrogens is 296 g/mol. The standard InChI is InChI=1S/C16H14N4OS/c1-9-4-5-17-8-12(9)11-6-13-14(18-7-11)19-16(22-13)20-15(21)10-2-3-10/h4-8,10H,2-3H2,1H3,(H,18,19,20,21). The highest BCUT2D eigenvalue weighted by molar-refractivity contribution is 7.22. The highest BCUT2D eigenvalue weighted by Crippen LogP contribution is 2.33. The first-order valence-electron chi connectivity index (χ1n) is 7.19. The van der Waals surface area contributed by atoms with Crippen LogP contribution in [0, 0.1) is 12.8 Å². The highest BCUT2D eigenvalue weighted by Gasteiger charge is 2.30. The Bertz CT molecular complexity index is 869. The zero-order valence-corrected chi connectivity index (χ0v) is 12.9. The van der Waals surface area contributed by atoms with E-state index < -0.39 is 0 Å². The van der Waals surface area contributed by atoms with Gasteiger partial charge in [0.2, 0.25) is 5.91 Å². The average Bonchev–Trinajstić information content (AvgIpc) is 3.28. The minimum atomic E-state index is 0.0717. The van der Waals surface area contributed by atoms with Crippen molar-refractivity contribution in [1.29, 1.82) is 0 Å². The van der Waals surface area contributed by atoms with Crippen LogP contribution in [0.5, 0.6) is 0 Å². The van der Waals surface area contributed by atoms with Gasteiger partial charge in [0.05, 0.1) is 4.70 Å². The van der Waals surface area contributed by atoms with E-state index in [4.69, 9.17) is 0 Å². The molecule has 0 saturated heterocycles. The maximum atomic E-state index is 11.8. The largest absolute Gasteiger partial charge is 0.302 e. The SMILES string of the molecule is Cc1ccncc1-c1cnc2nc(NC(=O)C3CC3)sc2c1. The molecule has 0 atom stereocenters. The first kappa shape index (κ1) is 13.3. The van der Waals surface area contributed by atoms with Gasteiger partial charge in [-0.2, -0.15) is 4.98 Å². The molecule has 1 fully saturated rings. The predicted molar refractivity (Wildman–Crippen MR) is 86.7 cm³/mol. The summed E-state index contributed by atoms with van der Waals surface area (Å²) in [5, 5.41) is 3.50. The molecule has 0 spiro atoms. The zero-order valence-electron chi connectivity index (χ0n) is 12.0. The Morgan fingerprint density at radius 1 is 1.36 bits per heavy atom. The number of aromatic nitrogens is 3. The Morgan fingerprint density at radius 2 is 2.23 bits per heavy atom. The van der Waals surface area contributed by atoms with E-state index in [1.807, 2.05) is 12.3 Å². The van der Waals surface area contributed by atoms with Gasteiger partial charge in [0.15, 0.2) is 10.8 Å². The van der Waals surface area contributed by atoms with Gasteiger partial charge in [-0.15, -0.1) is 0 Å². The number of fused-ring (bicyclic) bond motifs is 1. The fraction of sp³-hybridized carbons (Fsp3) is 0.250. The van der Waals surface area contributed by atoms with Gasteiger partial charge < -0.3 is 5.32 Å². The molecule has 3 aromatic rings. The lowest BCUT2D eigenvalue weighted by Crippen LogP contribution is -2.12. The summed E-state index contributed by atoms with van der Waals surface area (Å²) in [5.74, 6) is 0.246. The number of anilines is 1. The van der Waals surface area contributed by atoms with Gasteiger partial charge in [-0.1, -0.05) is 11.3 Å². The van der Waals surface area contributed by atoms with Crippen LogP contribution < -0.4 is 5.32 Å². The second-order valence-electron chi connectivity index (χ2n) is 5.52. The van der Waals surface area contributed by atoms with E-state index in [1.165, 1.54) is 11.3 Å². The smallest absolute Gasteiger partial charge is 0.229 e. The van der Waals surface area contributed by atoms with Crippen molar-refractivity contribution < 1.29 is 4.79 Å². The Kier molecular flexibility index (Phi) is 3.11. The van der Waals surface area contributed by atoms with Crippen LogP contribution in [0.15, 0.2) is 30.7 Å². The summed E-state index contributed by atoms with van der Waals surface area (Å²) in [6.07, 6.45) is 7.40. The maximum absolute atomic E-state index is 11.8. The van der Waals surface area contributed by atoms with Crippen molar-refractivity contribution in [3.63, 3.8) is 0 Å². The van der Waals surface area contributed by atoms with Crippen LogP contribution in [0.2, 0.25) is 0 Å². The second kappa shape index (κ2) is 5.14. The maximum Gasteiger partial charge on any atom is 0.229 e. The molecule has 110 valence electrons. The molecule has 0 radical (unpaired) electrons. The molecule has 6 heteroatoms. The molecule has 4 rings (SSSR count). The van der Waals surface area contributed by atoms with Gasteiger partial charge in [-0.3, -0.25) is 9.78 Å². The van der Waals surface area contributed by atoms with Crippen molar-refractivity contribution in [2.45, 2.75) is 19.8 Å². The molecule has 0 bridgehead atoms. The number of nitrogens with zero attached hydrogens (tertiary/aromatic N) is 3. The molecule has 1 saturated carbocycles. The lowest BCUT2D eigenvalue weighted by Gasteiger charge is -2.03. The third kappa shape index (κ3) is 2.46. The van der Waals surface area contributed by atoms with Crippen molar-refractivity contribution in [3.8, 4) is 11.1 Å². The van der Waals surface area contributed by atoms with E-state index in [2.05, 4.69) is 33.3 Å². The first-order valence-corrected chi connectivity index (χ1v) is 8.01. The summed E-state index contributed by atoms with van der Waals surface area (Å²) in [4.78, 5) is 24.8. The minimum absolute atomic E-state index is 0.0717. The van der Waals surface area contributed by atoms with E-state index in [9.17, 15) is 4.79 Å². The molecule has 1 amide bonds. The fourth-order valence-corrected chi connectivity index (χ4v) is 3.21. The Hall–Kier alpha value is -2.34. The van der Waals surface area contributed by atoms with E-state index in [0.717, 1.165) is 34.2 Å². The van der Waals surface area contributed by atoms with E-state index in [-0.39, 0.29) is 11.8 Å². The van der Waals surface area contributed by atoms with Gasteiger partial charge in [-0.05, 0) is 37.5 Å². The number of carbonyl (C=O) groups excluding carboxylic acids is 1. The number of rotatable bonds is 3. The molecule has 0 aliphatic heterocycles. The number of aryl methyl sites for hydroxylation is 1. The topological polar surface area (TPSA) is 67.8 Å². The van der Waals surface area contributed by atoms with Crippen LogP contribution >= 0.6 is 11.3 Å². The minimum Gasteiger partial charge on any atom is -0.302 e. The van der Waals surface area contributed by atoms with Crippen LogP contribution in [0.1, 0.15) is 18.4 Å². The van der Waals surface area contributed by atoms with Crippen molar-refractivity contribution >= 4 is 32.7 Å². The average molecular weight is 310 g/mol. The van der Waals surface area contributed by atoms with Crippen LogP contribution in [0.3, 0.4) is 0 Å². The molecule has 3 aromatic heterocycles. The Labute approximate surface area is 131 Å². The molecule has 22 heavy (non-hydrogen) atoms. The third-order valence-corrected chi connectivity index (χ3v) is 4.68. The summed E-state index contributed by atoms with van der Waals surface area (Å²) in [7, 11) is 0. The number of hydrogen-bond donors (Lipinski definition) is 1. The van der Waals surface area contributed by atoms with Gasteiger partial charge in [0.1, 0.15) is 0 Å². The fourth-order valence-electron chi connectivity index (χ4n) is 2.34. The molecule has 3 heterocycles. The Balaban J connectivity index is 1.68. The molecule has 0 aromatic carbocycles. The summed E-state index contributed by atoms with van der Waals surface area (Å²) in [6.45, 7) is 2.05. The molecular formula is C16H14N4OS. The van der Waals surface area contributed by atoms with E-state index in [1.54, 1.807) is 12.4 Å². The lowest BCUT2D eigenvalue weighted by atomic mass is 10.1. The van der Waals surface area contributed by atoms with Crippen molar-refractivity contribution in [1.82, 2.24) is 15.0 Å². The third-order valence-electron chi connectivity index (χ3n) is 3.78. The van der Waals surface area contributed by atoms with E-state index >= 15 is 0 Å². The summed E-state index contributed by atoms with van der Waals surface area (Å²) in [5.41, 5.74) is 3.90. The molecule has 0 unspecified atom stereocenters. The van der Waals surface area contributed by atoms with Gasteiger partial charge in [0, 0.05) is 35.6 Å². The van der Waals surface area contributed by atoms with Crippen LogP contribution in [0.25, 0.3) is 21.5 Å². The molecule has 1 aliphatic rings. The number of thiazole rings is 1. The highest BCUT2D eigenvalue weighted by atomic mass is 32.1. The molecule has 1 aliphatic carbocycles. The van der Waals surface area contributed by atoms with E-state index in [0.29, 0.717) is 10.8 Å². The normalized spacial score (nSPS) is 14.2. The molecule has 1 N–H and O–H groups in total. The number of pyridine rings is 2. The quantitative estimate of drug-likeness (QED) is 0.805. The first-order chi connectivity index (χ1) is 10.7. The number of hydrogen-bond acceptors (Lipinski definition) is 5. The summed E-state index contributed by atoms with van der Waals surface area (Å²) in [6, 6.07) is 4.03. The molecule has 5 nitrogen and oxygen atoms in total. The number of carbonyl (C=O) groups is 1. The second-order valence-corrected chi connectivity index (χ2v) is 6.55.